The van der Waals surface area contributed by atoms with E-state index in [9.17, 15) is 9.59 Å². The third kappa shape index (κ3) is 3.09. The normalized spacial score (nSPS) is 11.5. The molecule has 0 aliphatic rings. The van der Waals surface area contributed by atoms with Crippen LogP contribution in [0.2, 0.25) is 10.0 Å². The zero-order chi connectivity index (χ0) is 16.7. The molecular formula is C16H14Cl2N2O2S. The monoisotopic (exact) mass is 368 g/mol. The van der Waals surface area contributed by atoms with Gasteiger partial charge in [-0.25, -0.2) is 4.79 Å². The van der Waals surface area contributed by atoms with Crippen molar-refractivity contribution in [3.05, 3.63) is 65.6 Å². The summed E-state index contributed by atoms with van der Waals surface area (Å²) in [6.45, 7) is 4.25. The van der Waals surface area contributed by atoms with Crippen molar-refractivity contribution in [3.8, 4) is 0 Å². The van der Waals surface area contributed by atoms with E-state index >= 15 is 0 Å². The van der Waals surface area contributed by atoms with Gasteiger partial charge in [-0.1, -0.05) is 43.1 Å². The molecule has 0 aliphatic heterocycles. The SMILES string of the molecule is CC(C)c1cc2c(=O)n(Cc3ccc(Cl)c(Cl)c3)c(=O)[nH]c2s1. The van der Waals surface area contributed by atoms with Crippen molar-refractivity contribution in [1.82, 2.24) is 9.55 Å². The van der Waals surface area contributed by atoms with E-state index in [-0.39, 0.29) is 12.1 Å². The van der Waals surface area contributed by atoms with Gasteiger partial charge in [-0.15, -0.1) is 11.3 Å². The van der Waals surface area contributed by atoms with Gasteiger partial charge in [-0.2, -0.15) is 0 Å². The Hall–Kier alpha value is -1.56. The van der Waals surface area contributed by atoms with Gasteiger partial charge in [0, 0.05) is 4.88 Å². The highest BCUT2D eigenvalue weighted by atomic mass is 35.5. The molecule has 0 aliphatic carbocycles. The molecule has 0 unspecified atom stereocenters. The number of thiophene rings is 1. The van der Waals surface area contributed by atoms with Crippen LogP contribution in [0.4, 0.5) is 0 Å². The van der Waals surface area contributed by atoms with Crippen molar-refractivity contribution in [2.24, 2.45) is 0 Å². The largest absolute Gasteiger partial charge is 0.329 e. The lowest BCUT2D eigenvalue weighted by atomic mass is 10.2. The first-order valence-corrected chi connectivity index (χ1v) is 8.64. The number of aromatic nitrogens is 2. The highest BCUT2D eigenvalue weighted by molar-refractivity contribution is 7.18. The van der Waals surface area contributed by atoms with Gasteiger partial charge in [0.15, 0.2) is 0 Å². The van der Waals surface area contributed by atoms with Gasteiger partial charge < -0.3 is 0 Å². The molecule has 3 aromatic rings. The van der Waals surface area contributed by atoms with Gasteiger partial charge >= 0.3 is 5.69 Å². The second-order valence-electron chi connectivity index (χ2n) is 5.62. The molecule has 0 spiro atoms. The minimum Gasteiger partial charge on any atom is -0.298 e. The van der Waals surface area contributed by atoms with Crippen LogP contribution >= 0.6 is 34.5 Å². The Morgan fingerprint density at radius 2 is 1.91 bits per heavy atom. The summed E-state index contributed by atoms with van der Waals surface area (Å²) in [7, 11) is 0. The maximum absolute atomic E-state index is 12.6. The number of nitrogens with one attached hydrogen (secondary N) is 1. The smallest absolute Gasteiger partial charge is 0.298 e. The molecular weight excluding hydrogens is 355 g/mol. The molecule has 0 radical (unpaired) electrons. The summed E-state index contributed by atoms with van der Waals surface area (Å²) in [5.74, 6) is 0.304. The molecule has 3 rings (SSSR count). The maximum Gasteiger partial charge on any atom is 0.329 e. The van der Waals surface area contributed by atoms with E-state index in [0.717, 1.165) is 10.4 Å². The minimum absolute atomic E-state index is 0.147. The molecule has 0 fully saturated rings. The predicted molar refractivity (Wildman–Crippen MR) is 96.4 cm³/mol. The molecule has 0 bridgehead atoms. The fraction of sp³-hybridized carbons (Fsp3) is 0.250. The van der Waals surface area contributed by atoms with Crippen molar-refractivity contribution >= 4 is 44.8 Å². The van der Waals surface area contributed by atoms with Crippen LogP contribution in [0.5, 0.6) is 0 Å². The minimum atomic E-state index is -0.425. The lowest BCUT2D eigenvalue weighted by Gasteiger charge is -2.06. The highest BCUT2D eigenvalue weighted by Gasteiger charge is 2.13. The third-order valence-corrected chi connectivity index (χ3v) is 5.68. The van der Waals surface area contributed by atoms with Gasteiger partial charge in [0.25, 0.3) is 5.56 Å². The first kappa shape index (κ1) is 16.3. The number of hydrogen-bond acceptors (Lipinski definition) is 3. The van der Waals surface area contributed by atoms with Crippen LogP contribution in [0.15, 0.2) is 33.9 Å². The van der Waals surface area contributed by atoms with Gasteiger partial charge in [0.1, 0.15) is 4.83 Å². The fourth-order valence-corrected chi connectivity index (χ4v) is 3.68. The van der Waals surface area contributed by atoms with Crippen LogP contribution in [-0.4, -0.2) is 9.55 Å². The van der Waals surface area contributed by atoms with Gasteiger partial charge in [-0.05, 0) is 29.7 Å². The van der Waals surface area contributed by atoms with E-state index in [1.807, 2.05) is 6.07 Å². The first-order chi connectivity index (χ1) is 10.9. The molecule has 120 valence electrons. The van der Waals surface area contributed by atoms with Crippen LogP contribution in [0.25, 0.3) is 10.2 Å². The van der Waals surface area contributed by atoms with Crippen molar-refractivity contribution in [1.29, 1.82) is 0 Å². The maximum atomic E-state index is 12.6. The Bertz CT molecular complexity index is 1000. The average Bonchev–Trinajstić information content (AvgIpc) is 2.91. The lowest BCUT2D eigenvalue weighted by molar-refractivity contribution is 0.713. The van der Waals surface area contributed by atoms with Crippen LogP contribution in [0, 0.1) is 0 Å². The molecule has 0 saturated carbocycles. The van der Waals surface area contributed by atoms with Crippen molar-refractivity contribution < 1.29 is 0 Å². The predicted octanol–water partition coefficient (Wildman–Crippen LogP) is 4.23. The van der Waals surface area contributed by atoms with Crippen LogP contribution in [0.1, 0.15) is 30.2 Å². The Labute approximate surface area is 146 Å². The Kier molecular flexibility index (Phi) is 4.36. The highest BCUT2D eigenvalue weighted by Crippen LogP contribution is 2.27. The summed E-state index contributed by atoms with van der Waals surface area (Å²) >= 11 is 13.3. The average molecular weight is 369 g/mol. The number of benzene rings is 1. The first-order valence-electron chi connectivity index (χ1n) is 7.07. The standard InChI is InChI=1S/C16H14Cl2N2O2S/c1-8(2)13-6-10-14(23-13)19-16(22)20(15(10)21)7-9-3-4-11(17)12(18)5-9/h3-6,8H,7H2,1-2H3,(H,19,22). The van der Waals surface area contributed by atoms with E-state index in [4.69, 9.17) is 23.2 Å². The summed E-state index contributed by atoms with van der Waals surface area (Å²) in [6.07, 6.45) is 0. The molecule has 7 heteroatoms. The van der Waals surface area contributed by atoms with Crippen molar-refractivity contribution in [3.63, 3.8) is 0 Å². The molecule has 1 N–H and O–H groups in total. The molecule has 0 atom stereocenters. The van der Waals surface area contributed by atoms with E-state index in [0.29, 0.717) is 26.2 Å². The Morgan fingerprint density at radius 3 is 2.57 bits per heavy atom. The van der Waals surface area contributed by atoms with Crippen molar-refractivity contribution in [2.45, 2.75) is 26.3 Å². The molecule has 23 heavy (non-hydrogen) atoms. The summed E-state index contributed by atoms with van der Waals surface area (Å²) in [6, 6.07) is 6.91. The Morgan fingerprint density at radius 1 is 1.17 bits per heavy atom. The summed E-state index contributed by atoms with van der Waals surface area (Å²) < 4.78 is 1.18. The van der Waals surface area contributed by atoms with E-state index in [1.54, 1.807) is 18.2 Å². The summed E-state index contributed by atoms with van der Waals surface area (Å²) in [5.41, 5.74) is 0.0226. The van der Waals surface area contributed by atoms with Gasteiger partial charge in [0.05, 0.1) is 22.0 Å². The van der Waals surface area contributed by atoms with E-state index in [2.05, 4.69) is 18.8 Å². The number of rotatable bonds is 3. The number of nitrogens with zero attached hydrogens (tertiary/aromatic N) is 1. The van der Waals surface area contributed by atoms with Crippen molar-refractivity contribution in [2.75, 3.05) is 0 Å². The van der Waals surface area contributed by atoms with E-state index in [1.165, 1.54) is 15.9 Å². The van der Waals surface area contributed by atoms with Gasteiger partial charge in [-0.3, -0.25) is 14.3 Å². The molecule has 4 nitrogen and oxygen atoms in total. The molecule has 1 aromatic carbocycles. The number of aromatic amines is 1. The lowest BCUT2D eigenvalue weighted by Crippen LogP contribution is -2.34. The van der Waals surface area contributed by atoms with Crippen LogP contribution in [-0.2, 0) is 6.54 Å². The summed E-state index contributed by atoms with van der Waals surface area (Å²) in [4.78, 5) is 29.4. The molecule has 0 saturated heterocycles. The second-order valence-corrected chi connectivity index (χ2v) is 7.51. The number of H-pyrrole nitrogens is 1. The number of halogens is 2. The second kappa shape index (κ2) is 6.15. The fourth-order valence-electron chi connectivity index (χ4n) is 2.31. The third-order valence-electron chi connectivity index (χ3n) is 3.59. The zero-order valence-corrected chi connectivity index (χ0v) is 14.9. The van der Waals surface area contributed by atoms with Crippen LogP contribution in [0.3, 0.4) is 0 Å². The zero-order valence-electron chi connectivity index (χ0n) is 12.5. The van der Waals surface area contributed by atoms with Crippen LogP contribution < -0.4 is 11.2 Å². The summed E-state index contributed by atoms with van der Waals surface area (Å²) in [5, 5.41) is 1.37. The topological polar surface area (TPSA) is 54.9 Å². The molecule has 2 heterocycles. The van der Waals surface area contributed by atoms with E-state index < -0.39 is 5.69 Å². The van der Waals surface area contributed by atoms with Gasteiger partial charge in [0.2, 0.25) is 0 Å². The number of fused-ring (bicyclic) bond motifs is 1. The molecule has 2 aromatic heterocycles. The Balaban J connectivity index is 2.12. The quantitative estimate of drug-likeness (QED) is 0.751. The molecule has 0 amide bonds. The number of hydrogen-bond donors (Lipinski definition) is 1.